The molecular formula is C12H14N4O. The first-order chi connectivity index (χ1) is 8.16. The molecule has 0 saturated carbocycles. The molecule has 1 amide bonds. The highest BCUT2D eigenvalue weighted by Gasteiger charge is 2.06. The van der Waals surface area contributed by atoms with E-state index in [4.69, 9.17) is 0 Å². The van der Waals surface area contributed by atoms with Gasteiger partial charge in [0.1, 0.15) is 12.7 Å². The number of amides is 1. The van der Waals surface area contributed by atoms with Crippen molar-refractivity contribution in [1.82, 2.24) is 20.1 Å². The molecule has 0 spiro atoms. The highest BCUT2D eigenvalue weighted by molar-refractivity contribution is 5.94. The van der Waals surface area contributed by atoms with Gasteiger partial charge >= 0.3 is 0 Å². The fourth-order valence-corrected chi connectivity index (χ4v) is 1.45. The van der Waals surface area contributed by atoms with Gasteiger partial charge in [0, 0.05) is 11.6 Å². The molecule has 1 aromatic carbocycles. The van der Waals surface area contributed by atoms with Gasteiger partial charge in [0.2, 0.25) is 0 Å². The van der Waals surface area contributed by atoms with E-state index >= 15 is 0 Å². The van der Waals surface area contributed by atoms with Crippen molar-refractivity contribution < 1.29 is 4.79 Å². The van der Waals surface area contributed by atoms with Crippen LogP contribution >= 0.6 is 0 Å². The Balaban J connectivity index is 2.16. The second-order valence-electron chi connectivity index (χ2n) is 4.02. The summed E-state index contributed by atoms with van der Waals surface area (Å²) in [5.41, 5.74) is 1.52. The van der Waals surface area contributed by atoms with E-state index in [1.807, 2.05) is 26.0 Å². The van der Waals surface area contributed by atoms with Gasteiger partial charge in [0.25, 0.3) is 5.91 Å². The first-order valence-corrected chi connectivity index (χ1v) is 5.43. The molecule has 1 aromatic heterocycles. The Bertz CT molecular complexity index is 488. The van der Waals surface area contributed by atoms with Gasteiger partial charge in [0.15, 0.2) is 0 Å². The molecule has 0 radical (unpaired) electrons. The van der Waals surface area contributed by atoms with Crippen LogP contribution in [0.25, 0.3) is 5.69 Å². The number of benzene rings is 1. The maximum absolute atomic E-state index is 11.7. The minimum absolute atomic E-state index is 0.0647. The van der Waals surface area contributed by atoms with Crippen molar-refractivity contribution in [1.29, 1.82) is 0 Å². The van der Waals surface area contributed by atoms with Crippen molar-refractivity contribution in [2.24, 2.45) is 0 Å². The van der Waals surface area contributed by atoms with Crippen LogP contribution in [-0.2, 0) is 0 Å². The molecule has 0 aliphatic heterocycles. The molecule has 0 atom stereocenters. The Morgan fingerprint density at radius 3 is 2.53 bits per heavy atom. The smallest absolute Gasteiger partial charge is 0.251 e. The number of carbonyl (C=O) groups is 1. The quantitative estimate of drug-likeness (QED) is 0.867. The molecule has 0 bridgehead atoms. The molecule has 2 aromatic rings. The molecule has 0 aliphatic carbocycles. The maximum atomic E-state index is 11.7. The van der Waals surface area contributed by atoms with E-state index in [0.29, 0.717) is 5.56 Å². The Hall–Kier alpha value is -2.17. The fraction of sp³-hybridized carbons (Fsp3) is 0.250. The van der Waals surface area contributed by atoms with Gasteiger partial charge in [-0.25, -0.2) is 9.67 Å². The summed E-state index contributed by atoms with van der Waals surface area (Å²) in [6.45, 7) is 3.86. The molecule has 0 saturated heterocycles. The molecule has 2 rings (SSSR count). The molecule has 0 unspecified atom stereocenters. The Kier molecular flexibility index (Phi) is 3.18. The fourth-order valence-electron chi connectivity index (χ4n) is 1.45. The number of carbonyl (C=O) groups excluding carboxylic acids is 1. The molecule has 5 heteroatoms. The summed E-state index contributed by atoms with van der Waals surface area (Å²) in [7, 11) is 0. The van der Waals surface area contributed by atoms with Gasteiger partial charge in [-0.1, -0.05) is 0 Å². The summed E-state index contributed by atoms with van der Waals surface area (Å²) >= 11 is 0. The number of nitrogens with one attached hydrogen (secondary N) is 1. The van der Waals surface area contributed by atoms with Gasteiger partial charge in [-0.15, -0.1) is 0 Å². The lowest BCUT2D eigenvalue weighted by Gasteiger charge is -2.08. The van der Waals surface area contributed by atoms with Gasteiger partial charge in [-0.05, 0) is 38.1 Å². The van der Waals surface area contributed by atoms with Crippen LogP contribution < -0.4 is 5.32 Å². The minimum atomic E-state index is -0.0647. The van der Waals surface area contributed by atoms with Crippen molar-refractivity contribution in [2.75, 3.05) is 0 Å². The Labute approximate surface area is 99.5 Å². The van der Waals surface area contributed by atoms with Crippen LogP contribution in [0.5, 0.6) is 0 Å². The zero-order valence-electron chi connectivity index (χ0n) is 9.79. The summed E-state index contributed by atoms with van der Waals surface area (Å²) in [4.78, 5) is 15.6. The number of nitrogens with zero attached hydrogens (tertiary/aromatic N) is 3. The van der Waals surface area contributed by atoms with Crippen molar-refractivity contribution >= 4 is 5.91 Å². The topological polar surface area (TPSA) is 59.8 Å². The summed E-state index contributed by atoms with van der Waals surface area (Å²) in [6.07, 6.45) is 3.09. The third kappa shape index (κ3) is 2.69. The van der Waals surface area contributed by atoms with E-state index < -0.39 is 0 Å². The third-order valence-corrected chi connectivity index (χ3v) is 2.23. The van der Waals surface area contributed by atoms with Crippen molar-refractivity contribution in [3.8, 4) is 5.69 Å². The largest absolute Gasteiger partial charge is 0.350 e. The van der Waals surface area contributed by atoms with E-state index in [-0.39, 0.29) is 11.9 Å². The van der Waals surface area contributed by atoms with Gasteiger partial charge in [-0.2, -0.15) is 5.10 Å². The lowest BCUT2D eigenvalue weighted by Crippen LogP contribution is -2.29. The summed E-state index contributed by atoms with van der Waals surface area (Å²) in [5.74, 6) is -0.0647. The highest BCUT2D eigenvalue weighted by Crippen LogP contribution is 2.08. The predicted octanol–water partition coefficient (Wildman–Crippen LogP) is 1.41. The Morgan fingerprint density at radius 2 is 2.00 bits per heavy atom. The SMILES string of the molecule is CC(C)NC(=O)c1ccc(-n2cncn2)cc1. The van der Waals surface area contributed by atoms with E-state index in [0.717, 1.165) is 5.69 Å². The number of aromatic nitrogens is 3. The number of hydrogen-bond acceptors (Lipinski definition) is 3. The molecule has 1 N–H and O–H groups in total. The average molecular weight is 230 g/mol. The van der Waals surface area contributed by atoms with Gasteiger partial charge in [0.05, 0.1) is 5.69 Å². The van der Waals surface area contributed by atoms with Crippen LogP contribution in [0.3, 0.4) is 0 Å². The van der Waals surface area contributed by atoms with E-state index in [2.05, 4.69) is 15.4 Å². The number of hydrogen-bond donors (Lipinski definition) is 1. The number of rotatable bonds is 3. The second kappa shape index (κ2) is 4.78. The predicted molar refractivity (Wildman–Crippen MR) is 64.0 cm³/mol. The van der Waals surface area contributed by atoms with Crippen LogP contribution in [0.15, 0.2) is 36.9 Å². The maximum Gasteiger partial charge on any atom is 0.251 e. The van der Waals surface area contributed by atoms with Crippen molar-refractivity contribution in [3.05, 3.63) is 42.5 Å². The van der Waals surface area contributed by atoms with E-state index in [1.165, 1.54) is 6.33 Å². The molecule has 88 valence electrons. The lowest BCUT2D eigenvalue weighted by atomic mass is 10.2. The van der Waals surface area contributed by atoms with Crippen molar-refractivity contribution in [3.63, 3.8) is 0 Å². The molecule has 5 nitrogen and oxygen atoms in total. The molecule has 0 aliphatic rings. The highest BCUT2D eigenvalue weighted by atomic mass is 16.1. The average Bonchev–Trinajstić information content (AvgIpc) is 2.82. The Morgan fingerprint density at radius 1 is 1.29 bits per heavy atom. The standard InChI is InChI=1S/C12H14N4O/c1-9(2)15-12(17)10-3-5-11(6-4-10)16-8-13-7-14-16/h3-9H,1-2H3,(H,15,17). The third-order valence-electron chi connectivity index (χ3n) is 2.23. The molecular weight excluding hydrogens is 216 g/mol. The summed E-state index contributed by atoms with van der Waals surface area (Å²) in [6, 6.07) is 7.36. The minimum Gasteiger partial charge on any atom is -0.350 e. The normalized spacial score (nSPS) is 10.5. The molecule has 1 heterocycles. The van der Waals surface area contributed by atoms with Crippen LogP contribution in [-0.4, -0.2) is 26.7 Å². The zero-order valence-corrected chi connectivity index (χ0v) is 9.79. The van der Waals surface area contributed by atoms with Gasteiger partial charge in [-0.3, -0.25) is 4.79 Å². The first kappa shape index (κ1) is 11.3. The van der Waals surface area contributed by atoms with Crippen molar-refractivity contribution in [2.45, 2.75) is 19.9 Å². The summed E-state index contributed by atoms with van der Waals surface area (Å²) in [5, 5.41) is 6.85. The van der Waals surface area contributed by atoms with Crippen LogP contribution in [0.2, 0.25) is 0 Å². The van der Waals surface area contributed by atoms with Crippen LogP contribution in [0.4, 0.5) is 0 Å². The van der Waals surface area contributed by atoms with Crippen LogP contribution in [0.1, 0.15) is 24.2 Å². The molecule has 0 fully saturated rings. The first-order valence-electron chi connectivity index (χ1n) is 5.43. The lowest BCUT2D eigenvalue weighted by molar-refractivity contribution is 0.0943. The monoisotopic (exact) mass is 230 g/mol. The zero-order chi connectivity index (χ0) is 12.3. The van der Waals surface area contributed by atoms with Crippen LogP contribution in [0, 0.1) is 0 Å². The second-order valence-corrected chi connectivity index (χ2v) is 4.02. The van der Waals surface area contributed by atoms with Gasteiger partial charge < -0.3 is 5.32 Å². The van der Waals surface area contributed by atoms with E-state index in [9.17, 15) is 4.79 Å². The summed E-state index contributed by atoms with van der Waals surface area (Å²) < 4.78 is 1.64. The molecule has 17 heavy (non-hydrogen) atoms. The van der Waals surface area contributed by atoms with E-state index in [1.54, 1.807) is 23.1 Å².